The molecule has 1 aliphatic rings. The zero-order valence-electron chi connectivity index (χ0n) is 12.8. The molecular weight excluding hydrogens is 375 g/mol. The summed E-state index contributed by atoms with van der Waals surface area (Å²) < 4.78 is 1.15. The average molecular weight is 400 g/mol. The van der Waals surface area contributed by atoms with Crippen LogP contribution in [0.25, 0.3) is 0 Å². The van der Waals surface area contributed by atoms with Gasteiger partial charge in [-0.25, -0.2) is 0 Å². The van der Waals surface area contributed by atoms with E-state index in [4.69, 9.17) is 0 Å². The second-order valence-electron chi connectivity index (χ2n) is 5.85. The highest BCUT2D eigenvalue weighted by molar-refractivity contribution is 14.1. The van der Waals surface area contributed by atoms with Crippen LogP contribution in [-0.2, 0) is 0 Å². The number of halogens is 1. The summed E-state index contributed by atoms with van der Waals surface area (Å²) in [6.07, 6.45) is 6.28. The topological polar surface area (TPSA) is 32.3 Å². The Balaban J connectivity index is 1.61. The molecular formula is C17H25IN2O. The van der Waals surface area contributed by atoms with Crippen LogP contribution >= 0.6 is 22.6 Å². The van der Waals surface area contributed by atoms with E-state index in [1.54, 1.807) is 0 Å². The molecule has 1 aromatic carbocycles. The molecule has 1 heterocycles. The Morgan fingerprint density at radius 3 is 2.76 bits per heavy atom. The molecule has 1 aliphatic heterocycles. The normalized spacial score (nSPS) is 19.4. The van der Waals surface area contributed by atoms with E-state index < -0.39 is 0 Å². The first-order chi connectivity index (χ1) is 10.2. The highest BCUT2D eigenvalue weighted by atomic mass is 127. The maximum atomic E-state index is 11.9. The summed E-state index contributed by atoms with van der Waals surface area (Å²) in [5.41, 5.74) is 0.750. The van der Waals surface area contributed by atoms with Crippen LogP contribution < -0.4 is 5.32 Å². The van der Waals surface area contributed by atoms with Crippen LogP contribution in [0.2, 0.25) is 0 Å². The molecule has 2 rings (SSSR count). The van der Waals surface area contributed by atoms with Gasteiger partial charge in [-0.2, -0.15) is 0 Å². The lowest BCUT2D eigenvalue weighted by molar-refractivity contribution is 0.0951. The number of unbranched alkanes of at least 4 members (excludes halogenated alkanes) is 1. The Hall–Kier alpha value is -0.620. The number of amides is 1. The second-order valence-corrected chi connectivity index (χ2v) is 7.10. The lowest BCUT2D eigenvalue weighted by atomic mass is 10.0. The molecule has 4 heteroatoms. The average Bonchev–Trinajstić information content (AvgIpc) is 2.49. The molecule has 1 aromatic rings. The molecule has 0 unspecified atom stereocenters. The number of hydrogen-bond donors (Lipinski definition) is 1. The van der Waals surface area contributed by atoms with E-state index in [2.05, 4.69) is 39.7 Å². The van der Waals surface area contributed by atoms with Crippen molar-refractivity contribution in [1.82, 2.24) is 10.2 Å². The van der Waals surface area contributed by atoms with Crippen LogP contribution in [0.3, 0.4) is 0 Å². The second kappa shape index (κ2) is 8.73. The fourth-order valence-corrected chi connectivity index (χ4v) is 3.19. The minimum Gasteiger partial charge on any atom is -0.352 e. The van der Waals surface area contributed by atoms with Crippen LogP contribution in [0.1, 0.15) is 49.4 Å². The van der Waals surface area contributed by atoms with Crippen molar-refractivity contribution >= 4 is 28.5 Å². The molecule has 0 bridgehead atoms. The number of hydrogen-bond acceptors (Lipinski definition) is 2. The van der Waals surface area contributed by atoms with Crippen molar-refractivity contribution in [3.63, 3.8) is 0 Å². The fourth-order valence-electron chi connectivity index (χ4n) is 2.83. The maximum absolute atomic E-state index is 11.9. The maximum Gasteiger partial charge on any atom is 0.251 e. The van der Waals surface area contributed by atoms with Gasteiger partial charge >= 0.3 is 0 Å². The summed E-state index contributed by atoms with van der Waals surface area (Å²) in [4.78, 5) is 14.5. The van der Waals surface area contributed by atoms with Crippen molar-refractivity contribution in [2.75, 3.05) is 19.6 Å². The van der Waals surface area contributed by atoms with Crippen molar-refractivity contribution in [3.8, 4) is 0 Å². The van der Waals surface area contributed by atoms with E-state index in [0.717, 1.165) is 34.6 Å². The number of likely N-dealkylation sites (tertiary alicyclic amines) is 1. The third kappa shape index (κ3) is 5.58. The van der Waals surface area contributed by atoms with Crippen LogP contribution in [0.5, 0.6) is 0 Å². The minimum atomic E-state index is 0.0396. The van der Waals surface area contributed by atoms with E-state index in [0.29, 0.717) is 0 Å². The van der Waals surface area contributed by atoms with Crippen molar-refractivity contribution in [1.29, 1.82) is 0 Å². The molecule has 0 radical (unpaired) electrons. The third-order valence-corrected chi connectivity index (χ3v) is 4.92. The van der Waals surface area contributed by atoms with Gasteiger partial charge in [0.2, 0.25) is 0 Å². The van der Waals surface area contributed by atoms with Gasteiger partial charge in [0, 0.05) is 21.7 Å². The Bertz CT molecular complexity index is 447. The van der Waals surface area contributed by atoms with E-state index in [-0.39, 0.29) is 5.91 Å². The minimum absolute atomic E-state index is 0.0396. The zero-order valence-corrected chi connectivity index (χ0v) is 14.9. The molecule has 1 amide bonds. The lowest BCUT2D eigenvalue weighted by Gasteiger charge is -2.33. The van der Waals surface area contributed by atoms with Gasteiger partial charge in [-0.05, 0) is 92.6 Å². The predicted molar refractivity (Wildman–Crippen MR) is 95.6 cm³/mol. The van der Waals surface area contributed by atoms with Crippen molar-refractivity contribution in [2.24, 2.45) is 0 Å². The van der Waals surface area contributed by atoms with Crippen LogP contribution in [0, 0.1) is 3.57 Å². The molecule has 1 N–H and O–H groups in total. The molecule has 1 saturated heterocycles. The van der Waals surface area contributed by atoms with E-state index >= 15 is 0 Å². The standard InChI is InChI=1S/C17H25IN2O/c1-14-6-2-4-12-20(14)13-5-3-11-19-17(21)15-7-9-16(18)10-8-15/h7-10,14H,2-6,11-13H2,1H3,(H,19,21)/t14-/m0/s1. The molecule has 0 saturated carbocycles. The Morgan fingerprint density at radius 1 is 1.29 bits per heavy atom. The van der Waals surface area contributed by atoms with Gasteiger partial charge in [0.05, 0.1) is 0 Å². The van der Waals surface area contributed by atoms with Gasteiger partial charge < -0.3 is 10.2 Å². The first-order valence-electron chi connectivity index (χ1n) is 7.94. The molecule has 1 fully saturated rings. The number of carbonyl (C=O) groups is 1. The largest absolute Gasteiger partial charge is 0.352 e. The van der Waals surface area contributed by atoms with Gasteiger partial charge in [-0.1, -0.05) is 6.42 Å². The summed E-state index contributed by atoms with van der Waals surface area (Å²) >= 11 is 2.25. The van der Waals surface area contributed by atoms with E-state index in [1.807, 2.05) is 24.3 Å². The van der Waals surface area contributed by atoms with E-state index in [1.165, 1.54) is 32.4 Å². The fraction of sp³-hybridized carbons (Fsp3) is 0.588. The van der Waals surface area contributed by atoms with Crippen molar-refractivity contribution < 1.29 is 4.79 Å². The Morgan fingerprint density at radius 2 is 2.05 bits per heavy atom. The summed E-state index contributed by atoms with van der Waals surface area (Å²) in [7, 11) is 0. The number of carbonyl (C=O) groups excluding carboxylic acids is 1. The van der Waals surface area contributed by atoms with Gasteiger partial charge in [-0.15, -0.1) is 0 Å². The summed E-state index contributed by atoms with van der Waals surface area (Å²) in [5, 5.41) is 3.01. The summed E-state index contributed by atoms with van der Waals surface area (Å²) in [5.74, 6) is 0.0396. The van der Waals surface area contributed by atoms with Crippen LogP contribution in [0.15, 0.2) is 24.3 Å². The SMILES string of the molecule is C[C@H]1CCCCN1CCCCNC(=O)c1ccc(I)cc1. The van der Waals surface area contributed by atoms with Crippen molar-refractivity contribution in [3.05, 3.63) is 33.4 Å². The van der Waals surface area contributed by atoms with Gasteiger partial charge in [0.15, 0.2) is 0 Å². The first-order valence-corrected chi connectivity index (χ1v) is 9.02. The summed E-state index contributed by atoms with van der Waals surface area (Å²) in [6, 6.07) is 8.43. The van der Waals surface area contributed by atoms with Crippen molar-refractivity contribution in [2.45, 2.75) is 45.1 Å². The van der Waals surface area contributed by atoms with Gasteiger partial charge in [0.25, 0.3) is 5.91 Å². The number of piperidine rings is 1. The lowest BCUT2D eigenvalue weighted by Crippen LogP contribution is -2.38. The summed E-state index contributed by atoms with van der Waals surface area (Å²) in [6.45, 7) is 5.52. The van der Waals surface area contributed by atoms with Crippen LogP contribution in [-0.4, -0.2) is 36.5 Å². The van der Waals surface area contributed by atoms with Gasteiger partial charge in [0.1, 0.15) is 0 Å². The van der Waals surface area contributed by atoms with Crippen LogP contribution in [0.4, 0.5) is 0 Å². The molecule has 0 spiro atoms. The third-order valence-electron chi connectivity index (χ3n) is 4.20. The Labute approximate surface area is 141 Å². The quantitative estimate of drug-likeness (QED) is 0.584. The number of benzene rings is 1. The smallest absolute Gasteiger partial charge is 0.251 e. The van der Waals surface area contributed by atoms with E-state index in [9.17, 15) is 4.79 Å². The molecule has 116 valence electrons. The molecule has 3 nitrogen and oxygen atoms in total. The molecule has 0 aliphatic carbocycles. The molecule has 0 aromatic heterocycles. The number of nitrogens with one attached hydrogen (secondary N) is 1. The predicted octanol–water partition coefficient (Wildman–Crippen LogP) is 3.68. The first kappa shape index (κ1) is 16.7. The monoisotopic (exact) mass is 400 g/mol. The van der Waals surface area contributed by atoms with Gasteiger partial charge in [-0.3, -0.25) is 4.79 Å². The molecule has 1 atom stereocenters. The highest BCUT2D eigenvalue weighted by Crippen LogP contribution is 2.16. The highest BCUT2D eigenvalue weighted by Gasteiger charge is 2.17. The zero-order chi connectivity index (χ0) is 15.1. The number of nitrogens with zero attached hydrogens (tertiary/aromatic N) is 1. The Kier molecular flexibility index (Phi) is 6.96. The number of rotatable bonds is 6. The molecule has 21 heavy (non-hydrogen) atoms.